The zero-order valence-electron chi connectivity index (χ0n) is 11.2. The molecule has 0 aliphatic carbocycles. The molecule has 1 rings (SSSR count). The largest absolute Gasteiger partial charge is 0.479 e. The summed E-state index contributed by atoms with van der Waals surface area (Å²) in [5.41, 5.74) is 0.0498. The average Bonchev–Trinajstić information content (AvgIpc) is 2.66. The summed E-state index contributed by atoms with van der Waals surface area (Å²) in [7, 11) is 0. The van der Waals surface area contributed by atoms with Crippen molar-refractivity contribution >= 4 is 11.7 Å². The van der Waals surface area contributed by atoms with Crippen LogP contribution in [0.1, 0.15) is 40.0 Å². The SMILES string of the molecule is C=CC[C@H](CC(=O)CC(C)(C)C)C1=NCCO1. The Balaban J connectivity index is 2.54. The minimum absolute atomic E-state index is 0.0498. The summed E-state index contributed by atoms with van der Waals surface area (Å²) in [5.74, 6) is 1.11. The molecule has 0 aromatic carbocycles. The first-order valence-electron chi connectivity index (χ1n) is 6.22. The molecule has 96 valence electrons. The van der Waals surface area contributed by atoms with Crippen LogP contribution < -0.4 is 0 Å². The molecule has 1 heterocycles. The van der Waals surface area contributed by atoms with Crippen LogP contribution in [0.15, 0.2) is 17.6 Å². The minimum Gasteiger partial charge on any atom is -0.479 e. The molecule has 0 unspecified atom stereocenters. The van der Waals surface area contributed by atoms with E-state index in [1.807, 2.05) is 6.08 Å². The molecule has 0 radical (unpaired) electrons. The Morgan fingerprint density at radius 3 is 2.76 bits per heavy atom. The second-order valence-electron chi connectivity index (χ2n) is 5.77. The van der Waals surface area contributed by atoms with Crippen molar-refractivity contribution in [3.63, 3.8) is 0 Å². The number of rotatable bonds is 6. The van der Waals surface area contributed by atoms with E-state index < -0.39 is 0 Å². The van der Waals surface area contributed by atoms with Crippen molar-refractivity contribution in [2.24, 2.45) is 16.3 Å². The van der Waals surface area contributed by atoms with E-state index in [2.05, 4.69) is 32.3 Å². The first-order chi connectivity index (χ1) is 7.92. The van der Waals surface area contributed by atoms with Gasteiger partial charge in [0.1, 0.15) is 12.4 Å². The predicted octanol–water partition coefficient (Wildman–Crippen LogP) is 3.00. The van der Waals surface area contributed by atoms with Gasteiger partial charge in [-0.05, 0) is 11.8 Å². The molecule has 0 aromatic heterocycles. The number of nitrogens with zero attached hydrogens (tertiary/aromatic N) is 1. The average molecular weight is 237 g/mol. The highest BCUT2D eigenvalue weighted by Gasteiger charge is 2.24. The summed E-state index contributed by atoms with van der Waals surface area (Å²) >= 11 is 0. The number of aliphatic imine (C=N–C) groups is 1. The molecule has 1 aliphatic heterocycles. The van der Waals surface area contributed by atoms with Crippen molar-refractivity contribution in [1.29, 1.82) is 0 Å². The fraction of sp³-hybridized carbons (Fsp3) is 0.714. The van der Waals surface area contributed by atoms with E-state index in [4.69, 9.17) is 4.74 Å². The van der Waals surface area contributed by atoms with Crippen molar-refractivity contribution in [2.45, 2.75) is 40.0 Å². The number of hydrogen-bond donors (Lipinski definition) is 0. The summed E-state index contributed by atoms with van der Waals surface area (Å²) in [4.78, 5) is 16.3. The van der Waals surface area contributed by atoms with Gasteiger partial charge in [0.2, 0.25) is 0 Å². The molecule has 0 saturated carbocycles. The van der Waals surface area contributed by atoms with Crippen LogP contribution in [-0.4, -0.2) is 24.8 Å². The minimum atomic E-state index is 0.0498. The lowest BCUT2D eigenvalue weighted by molar-refractivity contribution is -0.121. The third-order valence-electron chi connectivity index (χ3n) is 2.61. The highest BCUT2D eigenvalue weighted by Crippen LogP contribution is 2.23. The standard InChI is InChI=1S/C14H23NO2/c1-5-6-11(13-15-7-8-17-13)9-12(16)10-14(2,3)4/h5,11H,1,6-10H2,2-4H3/t11-/m1/s1. The van der Waals surface area contributed by atoms with Gasteiger partial charge in [-0.15, -0.1) is 6.58 Å². The molecule has 0 spiro atoms. The molecule has 3 heteroatoms. The van der Waals surface area contributed by atoms with Crippen LogP contribution in [0.4, 0.5) is 0 Å². The lowest BCUT2D eigenvalue weighted by Gasteiger charge is -2.19. The molecule has 0 fully saturated rings. The lowest BCUT2D eigenvalue weighted by Crippen LogP contribution is -2.21. The molecule has 1 atom stereocenters. The van der Waals surface area contributed by atoms with Gasteiger partial charge in [0.25, 0.3) is 0 Å². The number of carbonyl (C=O) groups is 1. The van der Waals surface area contributed by atoms with Crippen LogP contribution in [0.2, 0.25) is 0 Å². The predicted molar refractivity (Wildman–Crippen MR) is 70.3 cm³/mol. The Morgan fingerprint density at radius 1 is 1.59 bits per heavy atom. The maximum absolute atomic E-state index is 12.0. The molecule has 3 nitrogen and oxygen atoms in total. The van der Waals surface area contributed by atoms with Gasteiger partial charge in [0.15, 0.2) is 5.90 Å². The fourth-order valence-electron chi connectivity index (χ4n) is 2.01. The van der Waals surface area contributed by atoms with E-state index in [9.17, 15) is 4.79 Å². The van der Waals surface area contributed by atoms with Crippen molar-refractivity contribution in [1.82, 2.24) is 0 Å². The number of allylic oxidation sites excluding steroid dienone is 1. The monoisotopic (exact) mass is 237 g/mol. The van der Waals surface area contributed by atoms with Gasteiger partial charge in [-0.1, -0.05) is 26.8 Å². The van der Waals surface area contributed by atoms with E-state index in [1.54, 1.807) is 0 Å². The topological polar surface area (TPSA) is 38.7 Å². The quantitative estimate of drug-likeness (QED) is 0.666. The van der Waals surface area contributed by atoms with Crippen LogP contribution >= 0.6 is 0 Å². The summed E-state index contributed by atoms with van der Waals surface area (Å²) in [5, 5.41) is 0. The second kappa shape index (κ2) is 5.99. The number of ether oxygens (including phenoxy) is 1. The fourth-order valence-corrected chi connectivity index (χ4v) is 2.01. The number of carbonyl (C=O) groups excluding carboxylic acids is 1. The highest BCUT2D eigenvalue weighted by atomic mass is 16.5. The van der Waals surface area contributed by atoms with Gasteiger partial charge < -0.3 is 4.74 Å². The first kappa shape index (κ1) is 13.9. The summed E-state index contributed by atoms with van der Waals surface area (Å²) in [6.45, 7) is 11.3. The van der Waals surface area contributed by atoms with E-state index in [-0.39, 0.29) is 17.1 Å². The first-order valence-corrected chi connectivity index (χ1v) is 6.22. The Morgan fingerprint density at radius 2 is 2.29 bits per heavy atom. The molecule has 0 amide bonds. The lowest BCUT2D eigenvalue weighted by atomic mass is 9.86. The molecule has 0 aromatic rings. The third-order valence-corrected chi connectivity index (χ3v) is 2.61. The Bertz CT molecular complexity index is 313. The second-order valence-corrected chi connectivity index (χ2v) is 5.77. The zero-order chi connectivity index (χ0) is 12.9. The van der Waals surface area contributed by atoms with Crippen LogP contribution in [0, 0.1) is 11.3 Å². The normalized spacial score (nSPS) is 17.2. The number of Topliss-reactive ketones (excluding diaryl/α,β-unsaturated/α-hetero) is 1. The molecule has 1 aliphatic rings. The van der Waals surface area contributed by atoms with Crippen molar-refractivity contribution in [3.05, 3.63) is 12.7 Å². The Kier molecular flexibility index (Phi) is 4.91. The number of ketones is 1. The van der Waals surface area contributed by atoms with Crippen LogP contribution in [0.3, 0.4) is 0 Å². The van der Waals surface area contributed by atoms with Gasteiger partial charge in [-0.25, -0.2) is 0 Å². The van der Waals surface area contributed by atoms with Crippen molar-refractivity contribution in [2.75, 3.05) is 13.2 Å². The van der Waals surface area contributed by atoms with Crippen molar-refractivity contribution < 1.29 is 9.53 Å². The maximum Gasteiger partial charge on any atom is 0.187 e. The zero-order valence-corrected chi connectivity index (χ0v) is 11.2. The number of hydrogen-bond acceptors (Lipinski definition) is 3. The summed E-state index contributed by atoms with van der Waals surface area (Å²) in [6.07, 6.45) is 3.71. The molecule has 17 heavy (non-hydrogen) atoms. The summed E-state index contributed by atoms with van der Waals surface area (Å²) in [6, 6.07) is 0. The van der Waals surface area contributed by atoms with Gasteiger partial charge in [0.05, 0.1) is 6.54 Å². The third kappa shape index (κ3) is 5.16. The highest BCUT2D eigenvalue weighted by molar-refractivity contribution is 5.87. The van der Waals surface area contributed by atoms with Crippen LogP contribution in [0.5, 0.6) is 0 Å². The van der Waals surface area contributed by atoms with E-state index in [1.165, 1.54) is 0 Å². The van der Waals surface area contributed by atoms with Gasteiger partial charge in [0, 0.05) is 18.8 Å². The van der Waals surface area contributed by atoms with Gasteiger partial charge >= 0.3 is 0 Å². The van der Waals surface area contributed by atoms with E-state index in [0.29, 0.717) is 19.4 Å². The molecule has 0 saturated heterocycles. The molecular weight excluding hydrogens is 214 g/mol. The van der Waals surface area contributed by atoms with Crippen molar-refractivity contribution in [3.8, 4) is 0 Å². The molecular formula is C14H23NO2. The Hall–Kier alpha value is -1.12. The van der Waals surface area contributed by atoms with E-state index in [0.717, 1.165) is 18.9 Å². The maximum atomic E-state index is 12.0. The molecule has 0 bridgehead atoms. The van der Waals surface area contributed by atoms with Gasteiger partial charge in [-0.3, -0.25) is 9.79 Å². The van der Waals surface area contributed by atoms with Crippen LogP contribution in [-0.2, 0) is 9.53 Å². The van der Waals surface area contributed by atoms with E-state index >= 15 is 0 Å². The van der Waals surface area contributed by atoms with Gasteiger partial charge in [-0.2, -0.15) is 0 Å². The summed E-state index contributed by atoms with van der Waals surface area (Å²) < 4.78 is 5.45. The smallest absolute Gasteiger partial charge is 0.187 e. The Labute approximate surface area is 104 Å². The molecule has 0 N–H and O–H groups in total. The van der Waals surface area contributed by atoms with Crippen LogP contribution in [0.25, 0.3) is 0 Å².